The minimum atomic E-state index is -10.7. The van der Waals surface area contributed by atoms with E-state index in [1.807, 2.05) is 64.2 Å². The van der Waals surface area contributed by atoms with E-state index in [0.717, 1.165) is 0 Å². The van der Waals surface area contributed by atoms with Crippen molar-refractivity contribution in [3.8, 4) is 6.07 Å². The number of hydrogen-bond acceptors (Lipinski definition) is 3. The number of nitriles is 1. The van der Waals surface area contributed by atoms with Crippen molar-refractivity contribution in [3.05, 3.63) is 262 Å². The van der Waals surface area contributed by atoms with Crippen molar-refractivity contribution in [1.82, 2.24) is 9.80 Å². The minimum absolute atomic E-state index is 0. The van der Waals surface area contributed by atoms with E-state index in [0.29, 0.717) is 0 Å². The first-order valence-corrected chi connectivity index (χ1v) is 31.6. The maximum Gasteiger partial charge on any atom is 2.00 e. The third-order valence-corrected chi connectivity index (χ3v) is 16.3. The Morgan fingerprint density at radius 1 is 0.386 bits per heavy atom. The first-order valence-electron chi connectivity index (χ1n) is 24.9. The Bertz CT molecular complexity index is 2340. The summed E-state index contributed by atoms with van der Waals surface area (Å²) in [6.07, 6.45) is 38.3. The molecule has 0 bridgehead atoms. The Hall–Kier alpha value is -1.71. The van der Waals surface area contributed by atoms with Gasteiger partial charge in [0, 0.05) is 54.6 Å². The number of aryl methyl sites for hydroxylation is 8. The molecule has 1 heterocycles. The van der Waals surface area contributed by atoms with Gasteiger partial charge in [0.1, 0.15) is 0 Å². The van der Waals surface area contributed by atoms with Gasteiger partial charge in [0.15, 0.2) is 0 Å². The molecule has 0 spiro atoms. The predicted molar refractivity (Wildman–Crippen MR) is 311 cm³/mol. The van der Waals surface area contributed by atoms with Crippen molar-refractivity contribution in [1.29, 1.82) is 5.26 Å². The zero-order valence-electron chi connectivity index (χ0n) is 47.2. The molecule has 0 unspecified atom stereocenters. The Labute approximate surface area is 525 Å². The van der Waals surface area contributed by atoms with Crippen LogP contribution in [0, 0.1) is 199 Å². The fourth-order valence-corrected chi connectivity index (χ4v) is 14.7. The summed E-state index contributed by atoms with van der Waals surface area (Å²) in [5.41, 5.74) is 13.4. The van der Waals surface area contributed by atoms with Crippen LogP contribution in [0.4, 0.5) is 50.4 Å². The molecule has 450 valence electrons. The zero-order chi connectivity index (χ0) is 60.1. The van der Waals surface area contributed by atoms with Crippen molar-refractivity contribution in [2.24, 2.45) is 0 Å². The first-order chi connectivity index (χ1) is 36.7. The summed E-state index contributed by atoms with van der Waals surface area (Å²) in [4.78, 5) is 4.57. The van der Waals surface area contributed by atoms with Crippen molar-refractivity contribution >= 4 is 52.7 Å². The second kappa shape index (κ2) is 31.6. The molecule has 3 nitrogen and oxygen atoms in total. The summed E-state index contributed by atoms with van der Waals surface area (Å²) in [5, 5.41) is 13.0. The zero-order valence-corrected chi connectivity index (χ0v) is 54.5. The molecule has 9 rings (SSSR count). The second-order valence-electron chi connectivity index (χ2n) is 19.4. The minimum Gasteiger partial charge on any atom is -0.0312 e. The number of hydrogen-bond donors (Lipinski definition) is 0. The second-order valence-corrected chi connectivity index (χ2v) is 27.6. The van der Waals surface area contributed by atoms with E-state index in [1.54, 1.807) is 6.07 Å². The molecule has 0 N–H and O–H groups in total. The van der Waals surface area contributed by atoms with E-state index in [9.17, 15) is 50.4 Å². The van der Waals surface area contributed by atoms with Gasteiger partial charge in [-0.1, -0.05) is 117 Å². The summed E-state index contributed by atoms with van der Waals surface area (Å²) >= 11 is 0. The van der Waals surface area contributed by atoms with E-state index in [1.165, 1.54) is 95.8 Å². The van der Waals surface area contributed by atoms with Crippen LogP contribution >= 0.6 is 31.5 Å². The smallest absolute Gasteiger partial charge is 0.0312 e. The third-order valence-electron chi connectivity index (χ3n) is 11.5. The predicted octanol–water partition coefficient (Wildman–Crippen LogP) is 19.4. The molecule has 22 heteroatoms. The van der Waals surface area contributed by atoms with Gasteiger partial charge in [-0.2, -0.15) is 5.26 Å². The molecule has 83 heavy (non-hydrogen) atoms. The normalized spacial score (nSPS) is 18.8. The van der Waals surface area contributed by atoms with Crippen molar-refractivity contribution in [2.75, 3.05) is 0 Å². The van der Waals surface area contributed by atoms with E-state index >= 15 is 0 Å². The standard InChI is InChI=1S/C49H52N2P2.2C5H5.C2H3N.2F6P.2Fe.Pd/c1-32-19-33(2)24-42(23-32)52(43-25-34(3)20-35(4)26-43)48-15-11-13-46(48)40(9)50-17-18-51(31-50)41(10)47-14-12-16-49(47)53(44-27-36(5)21-37(6)28-44)45-29-38(7)22-39(8)30-45;2*1-2-4-5-3-1;1-2-3;2*1-7(2,3,4,5)6;;;/h11-30,40-41H,1-10H3;2*1-5H;1H3;;;;;/q;;;;2*-1;3*+2/t40-,41-;;;;;;;;/m1......../s1. The largest absolute Gasteiger partial charge is 2.00 e. The molecule has 0 aromatic heterocycles. The molecule has 22 radical (unpaired) electrons. The SMILES string of the molecule is CC#N.Cc1cc(C)cc(P([C]2[CH][CH][CH][C]2[C@@H](C)N2[C]N([C@H](C)[C]3[CH][CH][CH][C]3P(c3cc(C)cc(C)c3)c3cc(C)cc(C)c3)C=C2)c2cc(C)cc(C)c2)c1.F[P-](F)(F)(F)(F)F.F[P-](F)(F)(F)(F)F.[CH]1[CH][CH][CH][CH]1.[CH]1[CH][CH][CH][CH]1.[Fe+2].[Fe+2].[Pd+2]. The van der Waals surface area contributed by atoms with Crippen LogP contribution in [-0.4, -0.2) is 21.9 Å². The average molecular weight is 1410 g/mol. The van der Waals surface area contributed by atoms with Gasteiger partial charge >= 0.3 is 121 Å². The Kier molecular flexibility index (Phi) is 30.2. The van der Waals surface area contributed by atoms with Crippen LogP contribution in [0.3, 0.4) is 0 Å². The molecular formula is C61H65F12Fe2N3P4Pd+4. The van der Waals surface area contributed by atoms with E-state index in [4.69, 9.17) is 5.26 Å². The fraction of sp³-hybridized carbons (Fsp3) is 0.213. The quantitative estimate of drug-likeness (QED) is 0.0901. The monoisotopic (exact) mass is 1410 g/mol. The topological polar surface area (TPSA) is 30.3 Å². The molecule has 5 aliphatic rings. The van der Waals surface area contributed by atoms with Gasteiger partial charge in [-0.3, -0.25) is 0 Å². The van der Waals surface area contributed by atoms with Crippen LogP contribution < -0.4 is 21.2 Å². The van der Waals surface area contributed by atoms with Crippen molar-refractivity contribution < 1.29 is 105 Å². The van der Waals surface area contributed by atoms with Gasteiger partial charge < -0.3 is 9.80 Å². The Morgan fingerprint density at radius 3 is 0.747 bits per heavy atom. The molecule has 4 aromatic rings. The summed E-state index contributed by atoms with van der Waals surface area (Å²) in [7, 11) is -22.8. The summed E-state index contributed by atoms with van der Waals surface area (Å²) < 4.78 is 118. The molecule has 0 saturated heterocycles. The average Bonchev–Trinajstić information content (AvgIpc) is 4.15. The Morgan fingerprint density at radius 2 is 0.566 bits per heavy atom. The van der Waals surface area contributed by atoms with Crippen LogP contribution in [0.2, 0.25) is 0 Å². The first kappa shape index (κ1) is 79.3. The molecule has 0 amide bonds. The molecule has 4 saturated carbocycles. The molecule has 1 aliphatic heterocycles. The number of halogens is 12. The summed E-state index contributed by atoms with van der Waals surface area (Å²) in [6.45, 7) is 27.7. The van der Waals surface area contributed by atoms with Gasteiger partial charge in [-0.15, -0.1) is 0 Å². The van der Waals surface area contributed by atoms with Crippen LogP contribution in [0.5, 0.6) is 0 Å². The van der Waals surface area contributed by atoms with Crippen molar-refractivity contribution in [2.45, 2.75) is 88.2 Å². The number of benzene rings is 4. The molecule has 4 aromatic carbocycles. The fourth-order valence-electron chi connectivity index (χ4n) is 8.85. The van der Waals surface area contributed by atoms with Gasteiger partial charge in [-0.25, -0.2) is 0 Å². The Balaban J connectivity index is 0.000000945. The molecule has 2 atom stereocenters. The van der Waals surface area contributed by atoms with Crippen LogP contribution in [0.15, 0.2) is 85.2 Å². The van der Waals surface area contributed by atoms with Gasteiger partial charge in [0.25, 0.3) is 0 Å². The maximum atomic E-state index is 9.87. The van der Waals surface area contributed by atoms with Gasteiger partial charge in [-0.05, 0) is 209 Å². The third kappa shape index (κ3) is 31.4. The molecule has 4 fully saturated rings. The summed E-state index contributed by atoms with van der Waals surface area (Å²) in [6, 6.07) is 30.3. The molecule has 4 aliphatic carbocycles. The maximum absolute atomic E-state index is 10.7. The van der Waals surface area contributed by atoms with Crippen LogP contribution in [0.1, 0.15) is 65.3 Å². The molecular weight excluding hydrogens is 1340 g/mol. The van der Waals surface area contributed by atoms with Gasteiger partial charge in [0.05, 0.1) is 6.07 Å². The number of rotatable bonds is 10. The van der Waals surface area contributed by atoms with Crippen molar-refractivity contribution in [3.63, 3.8) is 0 Å². The van der Waals surface area contributed by atoms with Gasteiger partial charge in [0.2, 0.25) is 6.67 Å². The van der Waals surface area contributed by atoms with E-state index < -0.39 is 31.5 Å². The summed E-state index contributed by atoms with van der Waals surface area (Å²) in [5.74, 6) is 2.73. The van der Waals surface area contributed by atoms with Crippen LogP contribution in [-0.2, 0) is 54.6 Å². The number of nitrogens with zero attached hydrogens (tertiary/aromatic N) is 3. The van der Waals surface area contributed by atoms with E-state index in [2.05, 4.69) is 209 Å². The van der Waals surface area contributed by atoms with Crippen LogP contribution in [0.25, 0.3) is 0 Å². The van der Waals surface area contributed by atoms with E-state index in [-0.39, 0.29) is 66.6 Å².